The maximum absolute atomic E-state index is 5.20. The molecule has 1 saturated carbocycles. The normalized spacial score (nSPS) is 18.6. The third-order valence-electron chi connectivity index (χ3n) is 5.26. The maximum Gasteiger partial charge on any atom is 0.118 e. The molecule has 0 bridgehead atoms. The number of aryl methyl sites for hydroxylation is 1. The van der Waals surface area contributed by atoms with E-state index in [1.807, 2.05) is 0 Å². The van der Waals surface area contributed by atoms with Gasteiger partial charge in [-0.1, -0.05) is 31.9 Å². The zero-order chi connectivity index (χ0) is 15.1. The molecule has 2 nitrogen and oxygen atoms in total. The molecule has 0 spiro atoms. The Morgan fingerprint density at radius 2 is 1.86 bits per heavy atom. The molecule has 1 N–H and O–H groups in total. The van der Waals surface area contributed by atoms with Gasteiger partial charge >= 0.3 is 0 Å². The van der Waals surface area contributed by atoms with Crippen LogP contribution in [0.3, 0.4) is 0 Å². The van der Waals surface area contributed by atoms with Gasteiger partial charge in [-0.05, 0) is 62.1 Å². The van der Waals surface area contributed by atoms with Gasteiger partial charge in [0.05, 0.1) is 7.11 Å². The molecule has 2 rings (SSSR count). The summed E-state index contributed by atoms with van der Waals surface area (Å²) < 4.78 is 5.20. The average molecular weight is 289 g/mol. The highest BCUT2D eigenvalue weighted by Crippen LogP contribution is 2.40. The molecular weight excluding hydrogens is 258 g/mol. The highest BCUT2D eigenvalue weighted by molar-refractivity contribution is 5.27. The monoisotopic (exact) mass is 289 g/mol. The van der Waals surface area contributed by atoms with E-state index in [1.165, 1.54) is 50.6 Å². The van der Waals surface area contributed by atoms with Crippen molar-refractivity contribution < 1.29 is 4.74 Å². The van der Waals surface area contributed by atoms with E-state index in [9.17, 15) is 0 Å². The van der Waals surface area contributed by atoms with E-state index in [-0.39, 0.29) is 0 Å². The highest BCUT2D eigenvalue weighted by Gasteiger charge is 2.31. The van der Waals surface area contributed by atoms with Gasteiger partial charge in [0, 0.05) is 12.6 Å². The molecule has 1 atom stereocenters. The summed E-state index contributed by atoms with van der Waals surface area (Å²) in [5.74, 6) is 0.941. The quantitative estimate of drug-likeness (QED) is 0.756. The lowest BCUT2D eigenvalue weighted by atomic mass is 9.83. The Bertz CT molecular complexity index is 406. The van der Waals surface area contributed by atoms with Crippen molar-refractivity contribution in [3.8, 4) is 5.75 Å². The van der Waals surface area contributed by atoms with E-state index in [1.54, 1.807) is 7.11 Å². The number of hydrogen-bond donors (Lipinski definition) is 1. The molecule has 2 heteroatoms. The molecule has 1 aromatic rings. The molecule has 0 saturated heterocycles. The van der Waals surface area contributed by atoms with Gasteiger partial charge in [0.1, 0.15) is 5.75 Å². The highest BCUT2D eigenvalue weighted by atomic mass is 16.5. The lowest BCUT2D eigenvalue weighted by Crippen LogP contribution is -2.37. The molecular formula is C19H31NO. The number of rotatable bonds is 8. The van der Waals surface area contributed by atoms with E-state index in [2.05, 4.69) is 43.4 Å². The maximum atomic E-state index is 5.20. The van der Waals surface area contributed by atoms with Gasteiger partial charge < -0.3 is 10.1 Å². The van der Waals surface area contributed by atoms with Crippen LogP contribution in [0.1, 0.15) is 57.9 Å². The van der Waals surface area contributed by atoms with Crippen LogP contribution in [0.2, 0.25) is 0 Å². The topological polar surface area (TPSA) is 21.3 Å². The zero-order valence-corrected chi connectivity index (χ0v) is 14.0. The van der Waals surface area contributed by atoms with Gasteiger partial charge in [-0.2, -0.15) is 0 Å². The van der Waals surface area contributed by atoms with E-state index in [0.29, 0.717) is 11.5 Å². The van der Waals surface area contributed by atoms with Crippen molar-refractivity contribution in [2.75, 3.05) is 13.7 Å². The molecule has 118 valence electrons. The predicted octanol–water partition coefficient (Wildman–Crippen LogP) is 4.58. The van der Waals surface area contributed by atoms with Crippen LogP contribution in [0.25, 0.3) is 0 Å². The second-order valence-corrected chi connectivity index (χ2v) is 6.73. The molecule has 0 amide bonds. The molecule has 0 aromatic heterocycles. The molecule has 1 fully saturated rings. The SMILES string of the molecule is CCC1(CNC(C)CCc2ccc(OC)cc2)CCCC1. The van der Waals surface area contributed by atoms with Crippen molar-refractivity contribution in [1.29, 1.82) is 0 Å². The Kier molecular flexibility index (Phi) is 6.10. The van der Waals surface area contributed by atoms with Crippen molar-refractivity contribution >= 4 is 0 Å². The fraction of sp³-hybridized carbons (Fsp3) is 0.684. The van der Waals surface area contributed by atoms with Gasteiger partial charge in [0.15, 0.2) is 0 Å². The van der Waals surface area contributed by atoms with Crippen LogP contribution in [0.15, 0.2) is 24.3 Å². The third kappa shape index (κ3) is 4.74. The number of hydrogen-bond acceptors (Lipinski definition) is 2. The van der Waals surface area contributed by atoms with Crippen molar-refractivity contribution in [2.24, 2.45) is 5.41 Å². The summed E-state index contributed by atoms with van der Waals surface area (Å²) in [6.07, 6.45) is 9.35. The minimum absolute atomic E-state index is 0.592. The van der Waals surface area contributed by atoms with Crippen LogP contribution in [0.4, 0.5) is 0 Å². The molecule has 0 heterocycles. The minimum Gasteiger partial charge on any atom is -0.497 e. The summed E-state index contributed by atoms with van der Waals surface area (Å²) in [5.41, 5.74) is 1.99. The largest absolute Gasteiger partial charge is 0.497 e. The second-order valence-electron chi connectivity index (χ2n) is 6.73. The Morgan fingerprint density at radius 1 is 1.19 bits per heavy atom. The third-order valence-corrected chi connectivity index (χ3v) is 5.26. The van der Waals surface area contributed by atoms with Crippen LogP contribution in [0, 0.1) is 5.41 Å². The molecule has 1 aromatic carbocycles. The first-order valence-corrected chi connectivity index (χ1v) is 8.54. The predicted molar refractivity (Wildman–Crippen MR) is 90.0 cm³/mol. The van der Waals surface area contributed by atoms with Gasteiger partial charge in [0.25, 0.3) is 0 Å². The van der Waals surface area contributed by atoms with Crippen molar-refractivity contribution in [3.05, 3.63) is 29.8 Å². The summed E-state index contributed by atoms with van der Waals surface area (Å²) in [6, 6.07) is 9.05. The average Bonchev–Trinajstić information content (AvgIpc) is 3.01. The van der Waals surface area contributed by atoms with Gasteiger partial charge in [-0.3, -0.25) is 0 Å². The molecule has 21 heavy (non-hydrogen) atoms. The van der Waals surface area contributed by atoms with Gasteiger partial charge in [0.2, 0.25) is 0 Å². The summed E-state index contributed by atoms with van der Waals surface area (Å²) in [5, 5.41) is 3.78. The van der Waals surface area contributed by atoms with Crippen LogP contribution in [-0.2, 0) is 6.42 Å². The summed E-state index contributed by atoms with van der Waals surface area (Å²) >= 11 is 0. The number of nitrogens with one attached hydrogen (secondary N) is 1. The molecule has 0 aliphatic heterocycles. The second kappa shape index (κ2) is 7.84. The van der Waals surface area contributed by atoms with E-state index in [0.717, 1.165) is 12.2 Å². The molecule has 1 unspecified atom stereocenters. The van der Waals surface area contributed by atoms with Crippen LogP contribution >= 0.6 is 0 Å². The lowest BCUT2D eigenvalue weighted by Gasteiger charge is -2.29. The van der Waals surface area contributed by atoms with Crippen LogP contribution in [0.5, 0.6) is 5.75 Å². The van der Waals surface area contributed by atoms with Crippen LogP contribution < -0.4 is 10.1 Å². The number of methoxy groups -OCH3 is 1. The number of ether oxygens (including phenoxy) is 1. The number of benzene rings is 1. The molecule has 1 aliphatic carbocycles. The fourth-order valence-corrected chi connectivity index (χ4v) is 3.45. The smallest absolute Gasteiger partial charge is 0.118 e. The van der Waals surface area contributed by atoms with Gasteiger partial charge in [-0.15, -0.1) is 0 Å². The lowest BCUT2D eigenvalue weighted by molar-refractivity contribution is 0.256. The van der Waals surface area contributed by atoms with E-state index < -0.39 is 0 Å². The Hall–Kier alpha value is -1.02. The van der Waals surface area contributed by atoms with Gasteiger partial charge in [-0.25, -0.2) is 0 Å². The van der Waals surface area contributed by atoms with E-state index >= 15 is 0 Å². The summed E-state index contributed by atoms with van der Waals surface area (Å²) in [4.78, 5) is 0. The summed E-state index contributed by atoms with van der Waals surface area (Å²) in [7, 11) is 1.72. The van der Waals surface area contributed by atoms with Crippen molar-refractivity contribution in [3.63, 3.8) is 0 Å². The molecule has 0 radical (unpaired) electrons. The Morgan fingerprint density at radius 3 is 2.43 bits per heavy atom. The van der Waals surface area contributed by atoms with Crippen molar-refractivity contribution in [2.45, 2.75) is 64.8 Å². The molecule has 1 aliphatic rings. The zero-order valence-electron chi connectivity index (χ0n) is 14.0. The first-order chi connectivity index (χ1) is 10.2. The first kappa shape index (κ1) is 16.4. The first-order valence-electron chi connectivity index (χ1n) is 8.54. The standard InChI is InChI=1S/C19H31NO/c1-4-19(13-5-6-14-19)15-20-16(2)7-8-17-9-11-18(21-3)12-10-17/h9-12,16,20H,4-8,13-15H2,1-3H3. The Labute approximate surface area is 130 Å². The fourth-order valence-electron chi connectivity index (χ4n) is 3.45. The van der Waals surface area contributed by atoms with E-state index in [4.69, 9.17) is 4.74 Å². The minimum atomic E-state index is 0.592. The summed E-state index contributed by atoms with van der Waals surface area (Å²) in [6.45, 7) is 5.88. The Balaban J connectivity index is 1.72. The van der Waals surface area contributed by atoms with Crippen LogP contribution in [-0.4, -0.2) is 19.7 Å². The van der Waals surface area contributed by atoms with Crippen molar-refractivity contribution in [1.82, 2.24) is 5.32 Å².